The number of nitrogens with zero attached hydrogens (tertiary/aromatic N) is 1. The van der Waals surface area contributed by atoms with Crippen LogP contribution in [-0.4, -0.2) is 43.3 Å². The van der Waals surface area contributed by atoms with Crippen LogP contribution in [0.4, 0.5) is 0 Å². The largest absolute Gasteiger partial charge is 0.376 e. The highest BCUT2D eigenvalue weighted by Crippen LogP contribution is 2.06. The zero-order valence-electron chi connectivity index (χ0n) is 9.54. The fraction of sp³-hybridized carbons (Fsp3) is 1.00. The van der Waals surface area contributed by atoms with E-state index in [-0.39, 0.29) is 0 Å². The molecule has 0 aromatic carbocycles. The fourth-order valence-corrected chi connectivity index (χ4v) is 1.87. The molecule has 0 aliphatic carbocycles. The standard InChI is InChI=1S/C11H24N2O/c1-3-11(12)5-4-6-13-7-8-14-10(2)9-13/h10-11H,3-9,12H2,1-2H3. The molecule has 1 aliphatic heterocycles. The van der Waals surface area contributed by atoms with Crippen LogP contribution in [-0.2, 0) is 4.74 Å². The summed E-state index contributed by atoms with van der Waals surface area (Å²) in [5, 5.41) is 0. The Hall–Kier alpha value is -0.120. The maximum atomic E-state index is 5.87. The summed E-state index contributed by atoms with van der Waals surface area (Å²) in [6.07, 6.45) is 3.88. The number of hydrogen-bond acceptors (Lipinski definition) is 3. The third-order valence-corrected chi connectivity index (χ3v) is 2.90. The molecule has 0 saturated carbocycles. The van der Waals surface area contributed by atoms with E-state index < -0.39 is 0 Å². The maximum Gasteiger partial charge on any atom is 0.0674 e. The Labute approximate surface area is 87.6 Å². The van der Waals surface area contributed by atoms with Crippen LogP contribution in [0.15, 0.2) is 0 Å². The summed E-state index contributed by atoms with van der Waals surface area (Å²) in [7, 11) is 0. The second-order valence-corrected chi connectivity index (χ2v) is 4.29. The molecule has 14 heavy (non-hydrogen) atoms. The zero-order chi connectivity index (χ0) is 10.4. The van der Waals surface area contributed by atoms with Crippen LogP contribution < -0.4 is 5.73 Å². The van der Waals surface area contributed by atoms with Gasteiger partial charge in [0.15, 0.2) is 0 Å². The molecule has 2 atom stereocenters. The molecule has 0 aromatic heterocycles. The average Bonchev–Trinajstić information content (AvgIpc) is 2.17. The van der Waals surface area contributed by atoms with Crippen LogP contribution in [0, 0.1) is 0 Å². The van der Waals surface area contributed by atoms with Gasteiger partial charge in [0.25, 0.3) is 0 Å². The van der Waals surface area contributed by atoms with E-state index in [0.717, 1.165) is 32.5 Å². The van der Waals surface area contributed by atoms with Crippen molar-refractivity contribution in [2.24, 2.45) is 5.73 Å². The molecule has 84 valence electrons. The normalized spacial score (nSPS) is 26.4. The molecule has 3 heteroatoms. The zero-order valence-corrected chi connectivity index (χ0v) is 9.54. The van der Waals surface area contributed by atoms with Crippen molar-refractivity contribution in [1.82, 2.24) is 4.90 Å². The quantitative estimate of drug-likeness (QED) is 0.725. The smallest absolute Gasteiger partial charge is 0.0674 e. The highest BCUT2D eigenvalue weighted by atomic mass is 16.5. The number of morpholine rings is 1. The summed E-state index contributed by atoms with van der Waals surface area (Å²) in [5.74, 6) is 0. The Morgan fingerprint density at radius 2 is 2.36 bits per heavy atom. The first-order valence-corrected chi connectivity index (χ1v) is 5.82. The van der Waals surface area contributed by atoms with Crippen LogP contribution in [0.25, 0.3) is 0 Å². The van der Waals surface area contributed by atoms with Gasteiger partial charge in [0.05, 0.1) is 12.7 Å². The Morgan fingerprint density at radius 1 is 1.57 bits per heavy atom. The van der Waals surface area contributed by atoms with Gasteiger partial charge in [-0.3, -0.25) is 4.90 Å². The van der Waals surface area contributed by atoms with Gasteiger partial charge in [-0.1, -0.05) is 6.92 Å². The second kappa shape index (κ2) is 6.38. The average molecular weight is 200 g/mol. The van der Waals surface area contributed by atoms with E-state index in [0.29, 0.717) is 12.1 Å². The molecule has 0 radical (unpaired) electrons. The highest BCUT2D eigenvalue weighted by Gasteiger charge is 2.15. The van der Waals surface area contributed by atoms with Gasteiger partial charge in [0.1, 0.15) is 0 Å². The van der Waals surface area contributed by atoms with E-state index in [1.807, 2.05) is 0 Å². The highest BCUT2D eigenvalue weighted by molar-refractivity contribution is 4.69. The maximum absolute atomic E-state index is 5.87. The molecular weight excluding hydrogens is 176 g/mol. The lowest BCUT2D eigenvalue weighted by molar-refractivity contribution is -0.0186. The molecule has 1 rings (SSSR count). The Kier molecular flexibility index (Phi) is 5.45. The summed E-state index contributed by atoms with van der Waals surface area (Å²) in [5.41, 5.74) is 5.87. The van der Waals surface area contributed by atoms with Crippen molar-refractivity contribution >= 4 is 0 Å². The minimum Gasteiger partial charge on any atom is -0.376 e. The summed E-state index contributed by atoms with van der Waals surface area (Å²) in [6.45, 7) is 8.54. The van der Waals surface area contributed by atoms with Crippen LogP contribution in [0.5, 0.6) is 0 Å². The first kappa shape index (κ1) is 12.0. The van der Waals surface area contributed by atoms with Crippen molar-refractivity contribution in [1.29, 1.82) is 0 Å². The van der Waals surface area contributed by atoms with E-state index in [9.17, 15) is 0 Å². The van der Waals surface area contributed by atoms with Gasteiger partial charge in [-0.15, -0.1) is 0 Å². The Bertz CT molecular complexity index is 152. The van der Waals surface area contributed by atoms with Gasteiger partial charge in [0, 0.05) is 19.1 Å². The molecule has 0 amide bonds. The second-order valence-electron chi connectivity index (χ2n) is 4.29. The van der Waals surface area contributed by atoms with E-state index in [1.165, 1.54) is 13.0 Å². The minimum absolute atomic E-state index is 0.397. The van der Waals surface area contributed by atoms with Crippen LogP contribution in [0.1, 0.15) is 33.1 Å². The Morgan fingerprint density at radius 3 is 3.00 bits per heavy atom. The monoisotopic (exact) mass is 200 g/mol. The van der Waals surface area contributed by atoms with Gasteiger partial charge in [-0.25, -0.2) is 0 Å². The molecule has 0 spiro atoms. The summed E-state index contributed by atoms with van der Waals surface area (Å²) < 4.78 is 5.49. The lowest BCUT2D eigenvalue weighted by atomic mass is 10.1. The lowest BCUT2D eigenvalue weighted by Gasteiger charge is -2.31. The topological polar surface area (TPSA) is 38.5 Å². The molecular formula is C11H24N2O. The van der Waals surface area contributed by atoms with E-state index in [1.54, 1.807) is 0 Å². The van der Waals surface area contributed by atoms with Crippen LogP contribution in [0.2, 0.25) is 0 Å². The summed E-state index contributed by atoms with van der Waals surface area (Å²) in [6, 6.07) is 0.397. The van der Waals surface area contributed by atoms with Gasteiger partial charge < -0.3 is 10.5 Å². The van der Waals surface area contributed by atoms with Crippen molar-refractivity contribution in [2.45, 2.75) is 45.3 Å². The first-order valence-electron chi connectivity index (χ1n) is 5.82. The molecule has 3 nitrogen and oxygen atoms in total. The third kappa shape index (κ3) is 4.40. The number of ether oxygens (including phenoxy) is 1. The van der Waals surface area contributed by atoms with Crippen molar-refractivity contribution in [2.75, 3.05) is 26.2 Å². The molecule has 1 saturated heterocycles. The Balaban J connectivity index is 2.05. The van der Waals surface area contributed by atoms with Crippen LogP contribution >= 0.6 is 0 Å². The minimum atomic E-state index is 0.397. The molecule has 0 aromatic rings. The first-order chi connectivity index (χ1) is 6.72. The lowest BCUT2D eigenvalue weighted by Crippen LogP contribution is -2.41. The van der Waals surface area contributed by atoms with Gasteiger partial charge in [0.2, 0.25) is 0 Å². The van der Waals surface area contributed by atoms with E-state index >= 15 is 0 Å². The predicted octanol–water partition coefficient (Wildman–Crippen LogP) is 1.22. The molecule has 2 N–H and O–H groups in total. The SMILES string of the molecule is CCC(N)CCCN1CCOC(C)C1. The molecule has 1 aliphatic rings. The van der Waals surface area contributed by atoms with Gasteiger partial charge in [-0.05, 0) is 32.7 Å². The number of nitrogens with two attached hydrogens (primary N) is 1. The molecule has 1 heterocycles. The fourth-order valence-electron chi connectivity index (χ4n) is 1.87. The number of hydrogen-bond donors (Lipinski definition) is 1. The van der Waals surface area contributed by atoms with Gasteiger partial charge >= 0.3 is 0 Å². The van der Waals surface area contributed by atoms with Gasteiger partial charge in [-0.2, -0.15) is 0 Å². The molecule has 0 bridgehead atoms. The summed E-state index contributed by atoms with van der Waals surface area (Å²) in [4.78, 5) is 2.48. The molecule has 1 fully saturated rings. The number of rotatable bonds is 5. The van der Waals surface area contributed by atoms with Crippen LogP contribution in [0.3, 0.4) is 0 Å². The van der Waals surface area contributed by atoms with Crippen molar-refractivity contribution in [3.05, 3.63) is 0 Å². The summed E-state index contributed by atoms with van der Waals surface area (Å²) >= 11 is 0. The van der Waals surface area contributed by atoms with E-state index in [4.69, 9.17) is 10.5 Å². The predicted molar refractivity (Wildman–Crippen MR) is 59.4 cm³/mol. The van der Waals surface area contributed by atoms with Crippen molar-refractivity contribution in [3.8, 4) is 0 Å². The molecule has 2 unspecified atom stereocenters. The van der Waals surface area contributed by atoms with Crippen molar-refractivity contribution in [3.63, 3.8) is 0 Å². The third-order valence-electron chi connectivity index (χ3n) is 2.90. The van der Waals surface area contributed by atoms with Crippen molar-refractivity contribution < 1.29 is 4.74 Å². The van der Waals surface area contributed by atoms with E-state index in [2.05, 4.69) is 18.7 Å².